The van der Waals surface area contributed by atoms with Gasteiger partial charge < -0.3 is 36.4 Å². The van der Waals surface area contributed by atoms with Crippen LogP contribution in [0.15, 0.2) is 127 Å². The number of hydrogen-bond donors (Lipinski definition) is 6. The monoisotopic (exact) mass is 1700 g/mol. The standard InChI is InChI=1S/C18H27F3N2.C18H30N2O.C17H27ClN2.C17H28N2O.C17H28N2.C12H21F3N2/c1-17(2,3)23-12-9-16(10-13-23)22-11-8-14-4-6-15(7-5-14)18(19,20)21;1-18(2,3)20-13-10-16(11-14-20)19(4)12-9-15-5-7-17(21)8-6-15;1-17(2,3)20-12-9-16(10-13-20)19-11-8-14-4-6-15(18)7-5-14;1-17(2,3)19-12-9-15(10-13-19)18-11-8-14-4-6-16(20)7-5-14;1-17(2,3)19-13-10-16(11-14-19)18-12-9-15-7-5-4-6-8-15;1-11(2,3)17-6-9-4-16(5-10(9)7-17)8-12(13,14)15/h4-7,16,22H,8-13H2,1-3H3;5-8,16,21H,9-14H2,1-4H3;4-7,16,19H,8-13H2,1-3H3;4-7,15,18,20H,8-13H2,1-3H3;4-8,16,18H,9-14H2,1-3H3;9-10H,4-8H2,1-3H3/t;;;;;9-,10+. The summed E-state index contributed by atoms with van der Waals surface area (Å²) in [6.45, 7) is 60.2. The molecule has 0 spiro atoms. The summed E-state index contributed by atoms with van der Waals surface area (Å²) in [5.74, 6) is 1.55. The van der Waals surface area contributed by atoms with Crippen molar-refractivity contribution in [2.24, 2.45) is 11.8 Å². The molecule has 678 valence electrons. The fourth-order valence-corrected chi connectivity index (χ4v) is 17.8. The van der Waals surface area contributed by atoms with Crippen LogP contribution in [0.2, 0.25) is 5.02 Å². The van der Waals surface area contributed by atoms with Crippen molar-refractivity contribution in [3.63, 3.8) is 0 Å². The van der Waals surface area contributed by atoms with Crippen LogP contribution >= 0.6 is 11.6 Å². The minimum Gasteiger partial charge on any atom is -0.508 e. The van der Waals surface area contributed by atoms with Gasteiger partial charge in [0, 0.05) is 167 Å². The maximum Gasteiger partial charge on any atom is 0.416 e. The van der Waals surface area contributed by atoms with Crippen LogP contribution in [0.3, 0.4) is 0 Å². The van der Waals surface area contributed by atoms with Crippen LogP contribution in [0.25, 0.3) is 0 Å². The van der Waals surface area contributed by atoms with Crippen LogP contribution in [-0.2, 0) is 38.3 Å². The van der Waals surface area contributed by atoms with Crippen molar-refractivity contribution in [1.82, 2.24) is 60.5 Å². The molecule has 12 rings (SSSR count). The van der Waals surface area contributed by atoms with Gasteiger partial charge in [0.1, 0.15) is 11.5 Å². The number of fused-ring (bicyclic) bond motifs is 1. The molecule has 0 saturated carbocycles. The van der Waals surface area contributed by atoms with E-state index in [9.17, 15) is 36.6 Å². The highest BCUT2D eigenvalue weighted by molar-refractivity contribution is 6.30. The van der Waals surface area contributed by atoms with E-state index in [2.05, 4.69) is 230 Å². The number of nitrogens with zero attached hydrogens (tertiary/aromatic N) is 8. The minimum atomic E-state index is -4.25. The lowest BCUT2D eigenvalue weighted by Crippen LogP contribution is -2.50. The SMILES string of the molecule is CC(C)(C)N1CCC(NCCc2ccc(C(F)(F)F)cc2)CC1.CC(C)(C)N1CCC(NCCc2ccc(Cl)cc2)CC1.CC(C)(C)N1CCC(NCCc2ccc(O)cc2)CC1.CC(C)(C)N1CCC(NCCc2ccccc2)CC1.CC(C)(C)N1C[C@H]2CN(CC(F)(F)F)C[C@H]2C1.CN(CCc1ccc(O)cc1)C1CCN(C(C)(C)C)CC1. The Hall–Kier alpha value is -4.91. The van der Waals surface area contributed by atoms with E-state index < -0.39 is 24.5 Å². The van der Waals surface area contributed by atoms with Gasteiger partial charge in [-0.1, -0.05) is 90.5 Å². The first-order valence-electron chi connectivity index (χ1n) is 45.6. The van der Waals surface area contributed by atoms with Crippen LogP contribution in [0, 0.1) is 11.8 Å². The molecule has 14 nitrogen and oxygen atoms in total. The number of phenols is 2. The van der Waals surface area contributed by atoms with E-state index in [4.69, 9.17) is 11.6 Å². The molecule has 7 aliphatic rings. The highest BCUT2D eigenvalue weighted by Crippen LogP contribution is 2.37. The van der Waals surface area contributed by atoms with Crippen LogP contribution in [0.4, 0.5) is 26.3 Å². The van der Waals surface area contributed by atoms with Crippen molar-refractivity contribution in [2.45, 2.75) is 297 Å². The molecule has 7 saturated heterocycles. The molecule has 0 radical (unpaired) electrons. The largest absolute Gasteiger partial charge is 0.508 e. The first-order chi connectivity index (χ1) is 56.1. The Morgan fingerprint density at radius 2 is 0.608 bits per heavy atom. The summed E-state index contributed by atoms with van der Waals surface area (Å²) < 4.78 is 74.4. The second kappa shape index (κ2) is 47.6. The van der Waals surface area contributed by atoms with Crippen molar-refractivity contribution >= 4 is 11.6 Å². The molecule has 21 heteroatoms. The predicted octanol–water partition coefficient (Wildman–Crippen LogP) is 19.0. The molecule has 120 heavy (non-hydrogen) atoms. The summed E-state index contributed by atoms with van der Waals surface area (Å²) in [5.41, 5.74) is 7.34. The second-order valence-electron chi connectivity index (χ2n) is 41.2. The Kier molecular flexibility index (Phi) is 40.5. The molecule has 0 aromatic heterocycles. The summed E-state index contributed by atoms with van der Waals surface area (Å²) in [6.07, 6.45) is 9.12. The van der Waals surface area contributed by atoms with Crippen molar-refractivity contribution in [1.29, 1.82) is 0 Å². The number of likely N-dealkylation sites (N-methyl/N-ethyl adjacent to an activating group) is 1. The molecule has 5 aromatic carbocycles. The number of piperidine rings is 5. The highest BCUT2D eigenvalue weighted by atomic mass is 35.5. The number of nitrogens with one attached hydrogen (secondary N) is 4. The molecular weight excluding hydrogens is 1540 g/mol. The number of aromatic hydroxyl groups is 2. The van der Waals surface area contributed by atoms with Crippen LogP contribution in [0.1, 0.15) is 222 Å². The van der Waals surface area contributed by atoms with E-state index in [1.807, 2.05) is 36.4 Å². The van der Waals surface area contributed by atoms with Crippen LogP contribution in [0.5, 0.6) is 11.5 Å². The van der Waals surface area contributed by atoms with Crippen molar-refractivity contribution < 1.29 is 36.6 Å². The summed E-state index contributed by atoms with van der Waals surface area (Å²) in [6, 6.07) is 42.8. The molecular formula is C99H161ClF6N12O2. The fourth-order valence-electron chi connectivity index (χ4n) is 17.7. The summed E-state index contributed by atoms with van der Waals surface area (Å²) in [7, 11) is 2.25. The number of benzene rings is 5. The number of likely N-dealkylation sites (tertiary alicyclic amines) is 7. The Morgan fingerprint density at radius 1 is 0.342 bits per heavy atom. The summed E-state index contributed by atoms with van der Waals surface area (Å²) in [5, 5.41) is 34.0. The zero-order valence-electron chi connectivity index (χ0n) is 77.5. The second-order valence-corrected chi connectivity index (χ2v) is 41.6. The number of alkyl halides is 6. The van der Waals surface area contributed by atoms with Crippen molar-refractivity contribution in [3.05, 3.63) is 166 Å². The predicted molar refractivity (Wildman–Crippen MR) is 491 cm³/mol. The Bertz CT molecular complexity index is 3490. The molecule has 6 N–H and O–H groups in total. The van der Waals surface area contributed by atoms with Gasteiger partial charge in [0.2, 0.25) is 0 Å². The number of halogens is 7. The Labute approximate surface area is 728 Å². The highest BCUT2D eigenvalue weighted by Gasteiger charge is 2.46. The molecule has 2 atom stereocenters. The molecule has 7 heterocycles. The van der Waals surface area contributed by atoms with Crippen molar-refractivity contribution in [3.8, 4) is 11.5 Å². The van der Waals surface area contributed by atoms with Gasteiger partial charge in [-0.2, -0.15) is 26.3 Å². The van der Waals surface area contributed by atoms with Crippen molar-refractivity contribution in [2.75, 3.05) is 138 Å². The van der Waals surface area contributed by atoms with Gasteiger partial charge >= 0.3 is 12.4 Å². The molecule has 5 aromatic rings. The lowest BCUT2D eigenvalue weighted by atomic mass is 9.97. The van der Waals surface area contributed by atoms with Gasteiger partial charge in [-0.3, -0.25) is 34.3 Å². The Morgan fingerprint density at radius 3 is 0.892 bits per heavy atom. The lowest BCUT2D eigenvalue weighted by Gasteiger charge is -2.43. The van der Waals surface area contributed by atoms with Crippen LogP contribution in [-0.4, -0.2) is 257 Å². The third-order valence-corrected chi connectivity index (χ3v) is 26.0. The number of hydrogen-bond acceptors (Lipinski definition) is 14. The molecule has 0 unspecified atom stereocenters. The molecule has 7 fully saturated rings. The van der Waals surface area contributed by atoms with Gasteiger partial charge in [0.15, 0.2) is 0 Å². The maximum atomic E-state index is 12.5. The van der Waals surface area contributed by atoms with E-state index in [-0.39, 0.29) is 11.1 Å². The van der Waals surface area contributed by atoms with E-state index in [1.54, 1.807) is 41.3 Å². The molecule has 0 aliphatic carbocycles. The lowest BCUT2D eigenvalue weighted by molar-refractivity contribution is -0.144. The van der Waals surface area contributed by atoms with Gasteiger partial charge in [-0.25, -0.2) is 0 Å². The average molecular weight is 1700 g/mol. The first kappa shape index (κ1) is 102. The van der Waals surface area contributed by atoms with E-state index in [0.717, 1.165) is 127 Å². The van der Waals surface area contributed by atoms with E-state index in [1.165, 1.54) is 126 Å². The molecule has 0 amide bonds. The average Bonchev–Trinajstić information content (AvgIpc) is 1.64. The fraction of sp³-hybridized carbons (Fsp3) is 0.697. The van der Waals surface area contributed by atoms with Gasteiger partial charge in [0.05, 0.1) is 12.1 Å². The minimum absolute atomic E-state index is 0.138. The molecule has 7 aliphatic heterocycles. The third kappa shape index (κ3) is 38.1. The van der Waals surface area contributed by atoms with E-state index >= 15 is 0 Å². The zero-order valence-corrected chi connectivity index (χ0v) is 78.3. The quantitative estimate of drug-likeness (QED) is 0.0392. The third-order valence-electron chi connectivity index (χ3n) is 25.8. The zero-order chi connectivity index (χ0) is 88.3. The van der Waals surface area contributed by atoms with Gasteiger partial charge in [-0.15, -0.1) is 0 Å². The molecule has 0 bridgehead atoms. The smallest absolute Gasteiger partial charge is 0.416 e. The van der Waals surface area contributed by atoms with Crippen LogP contribution < -0.4 is 21.3 Å². The Balaban J connectivity index is 0.000000199. The maximum absolute atomic E-state index is 12.5. The normalized spacial score (nSPS) is 20.4. The van der Waals surface area contributed by atoms with Gasteiger partial charge in [-0.05, 0) is 342 Å². The van der Waals surface area contributed by atoms with Gasteiger partial charge in [0.25, 0.3) is 0 Å². The topological polar surface area (TPSA) is 114 Å². The van der Waals surface area contributed by atoms with E-state index in [0.29, 0.717) is 88.8 Å². The summed E-state index contributed by atoms with van der Waals surface area (Å²) >= 11 is 5.90. The first-order valence-corrected chi connectivity index (χ1v) is 45.9. The summed E-state index contributed by atoms with van der Waals surface area (Å²) in [4.78, 5) is 19.3. The number of rotatable bonds is 21. The number of phenolic OH excluding ortho intramolecular Hbond substituents is 2.